The molecule has 1 amide bonds. The third-order valence-corrected chi connectivity index (χ3v) is 8.41. The number of carbonyl (C=O) groups is 1. The standard InChI is InChI=1S/C35H57N5O8/c1-24-12-26(16-36-30(20-41)21-42)32(45)28(14-24)18-38-6-7-39(9-11-40(10-8-38)34(47)48-35(3,4)5)19-29-15-25(2)13-27(33(29)46)17-37-31(22-43)23-44/h12-15,30-31,36-37,41-46H,6-11,16-23H2,1-5H3. The molecule has 2 aromatic carbocycles. The van der Waals surface area contributed by atoms with Crippen molar-refractivity contribution < 1.29 is 40.2 Å². The van der Waals surface area contributed by atoms with Gasteiger partial charge in [0.25, 0.3) is 0 Å². The van der Waals surface area contributed by atoms with Crippen LogP contribution in [0.3, 0.4) is 0 Å². The first-order valence-electron chi connectivity index (χ1n) is 16.7. The number of amides is 1. The number of ether oxygens (including phenoxy) is 1. The summed E-state index contributed by atoms with van der Waals surface area (Å²) in [6.07, 6.45) is -0.396. The summed E-state index contributed by atoms with van der Waals surface area (Å²) in [7, 11) is 0. The van der Waals surface area contributed by atoms with Crippen molar-refractivity contribution in [1.82, 2.24) is 25.3 Å². The largest absolute Gasteiger partial charge is 0.507 e. The number of benzene rings is 2. The van der Waals surface area contributed by atoms with E-state index in [2.05, 4.69) is 20.4 Å². The van der Waals surface area contributed by atoms with Gasteiger partial charge in [-0.15, -0.1) is 0 Å². The van der Waals surface area contributed by atoms with Crippen molar-refractivity contribution >= 4 is 6.09 Å². The quantitative estimate of drug-likeness (QED) is 0.143. The predicted molar refractivity (Wildman–Crippen MR) is 184 cm³/mol. The van der Waals surface area contributed by atoms with E-state index in [9.17, 15) is 35.4 Å². The fourth-order valence-electron chi connectivity index (χ4n) is 5.71. The zero-order valence-electron chi connectivity index (χ0n) is 29.2. The van der Waals surface area contributed by atoms with Crippen molar-refractivity contribution in [3.05, 3.63) is 57.6 Å². The van der Waals surface area contributed by atoms with Crippen molar-refractivity contribution in [1.29, 1.82) is 0 Å². The number of aryl methyl sites for hydroxylation is 2. The molecule has 0 radical (unpaired) electrons. The van der Waals surface area contributed by atoms with Crippen molar-refractivity contribution in [3.8, 4) is 11.5 Å². The molecule has 1 fully saturated rings. The molecule has 1 aliphatic rings. The second-order valence-corrected chi connectivity index (χ2v) is 13.8. The van der Waals surface area contributed by atoms with E-state index in [0.29, 0.717) is 63.5 Å². The minimum atomic E-state index is -0.652. The summed E-state index contributed by atoms with van der Waals surface area (Å²) < 4.78 is 5.74. The number of nitrogens with one attached hydrogen (secondary N) is 2. The molecule has 0 bridgehead atoms. The smallest absolute Gasteiger partial charge is 0.410 e. The molecule has 1 heterocycles. The SMILES string of the molecule is Cc1cc(CNC(CO)CO)c(O)c(CN2CCN(Cc3cc(C)cc(CNC(CO)CO)c3O)CCN(C(=O)OC(C)(C)C)CC2)c1. The van der Waals surface area contributed by atoms with Crippen molar-refractivity contribution in [2.45, 2.75) is 78.5 Å². The van der Waals surface area contributed by atoms with Gasteiger partial charge in [-0.05, 0) is 34.6 Å². The lowest BCUT2D eigenvalue weighted by atomic mass is 10.0. The summed E-state index contributed by atoms with van der Waals surface area (Å²) >= 11 is 0. The highest BCUT2D eigenvalue weighted by atomic mass is 16.6. The Morgan fingerprint density at radius 2 is 1.04 bits per heavy atom. The highest BCUT2D eigenvalue weighted by molar-refractivity contribution is 5.68. The summed E-state index contributed by atoms with van der Waals surface area (Å²) in [5.41, 5.74) is 4.10. The second-order valence-electron chi connectivity index (χ2n) is 13.8. The van der Waals surface area contributed by atoms with Crippen molar-refractivity contribution in [2.24, 2.45) is 0 Å². The molecule has 0 atom stereocenters. The fourth-order valence-corrected chi connectivity index (χ4v) is 5.71. The van der Waals surface area contributed by atoms with Gasteiger partial charge in [-0.3, -0.25) is 9.80 Å². The Morgan fingerprint density at radius 3 is 1.40 bits per heavy atom. The van der Waals surface area contributed by atoms with E-state index in [1.165, 1.54) is 0 Å². The van der Waals surface area contributed by atoms with E-state index in [-0.39, 0.29) is 51.0 Å². The Hall–Kier alpha value is -3.01. The van der Waals surface area contributed by atoms with E-state index < -0.39 is 23.8 Å². The third-order valence-electron chi connectivity index (χ3n) is 8.41. The summed E-state index contributed by atoms with van der Waals surface area (Å²) in [4.78, 5) is 19.4. The monoisotopic (exact) mass is 675 g/mol. The van der Waals surface area contributed by atoms with Crippen LogP contribution in [0.25, 0.3) is 0 Å². The molecule has 0 spiro atoms. The lowest BCUT2D eigenvalue weighted by Crippen LogP contribution is -2.42. The third kappa shape index (κ3) is 12.1. The molecule has 0 aliphatic carbocycles. The van der Waals surface area contributed by atoms with E-state index in [0.717, 1.165) is 22.3 Å². The molecular weight excluding hydrogens is 618 g/mol. The van der Waals surface area contributed by atoms with E-state index in [1.807, 2.05) is 58.9 Å². The van der Waals surface area contributed by atoms with Crippen molar-refractivity contribution in [3.63, 3.8) is 0 Å². The molecule has 1 saturated heterocycles. The fraction of sp³-hybridized carbons (Fsp3) is 0.629. The first-order chi connectivity index (χ1) is 22.8. The van der Waals surface area contributed by atoms with Crippen LogP contribution >= 0.6 is 0 Å². The number of aliphatic hydroxyl groups excluding tert-OH is 4. The van der Waals surface area contributed by atoms with Gasteiger partial charge in [0.2, 0.25) is 0 Å². The maximum Gasteiger partial charge on any atom is 0.410 e. The zero-order chi connectivity index (χ0) is 35.4. The van der Waals surface area contributed by atoms with Gasteiger partial charge in [0, 0.05) is 87.7 Å². The summed E-state index contributed by atoms with van der Waals surface area (Å²) in [5, 5.41) is 66.4. The van der Waals surface area contributed by atoms with Crippen LogP contribution in [0.15, 0.2) is 24.3 Å². The lowest BCUT2D eigenvalue weighted by molar-refractivity contribution is 0.0229. The molecule has 8 N–H and O–H groups in total. The maximum atomic E-state index is 13.3. The highest BCUT2D eigenvalue weighted by Crippen LogP contribution is 2.28. The van der Waals surface area contributed by atoms with Gasteiger partial charge in [-0.2, -0.15) is 0 Å². The summed E-state index contributed by atoms with van der Waals surface area (Å²) in [6.45, 7) is 13.2. The van der Waals surface area contributed by atoms with Crippen LogP contribution in [0.2, 0.25) is 0 Å². The first kappa shape index (κ1) is 39.4. The number of rotatable bonds is 14. The molecule has 0 unspecified atom stereocenters. The Morgan fingerprint density at radius 1 is 0.688 bits per heavy atom. The van der Waals surface area contributed by atoms with Gasteiger partial charge in [0.1, 0.15) is 17.1 Å². The number of aliphatic hydroxyl groups is 4. The Balaban J connectivity index is 1.86. The average molecular weight is 676 g/mol. The molecule has 1 aliphatic heterocycles. The molecule has 270 valence electrons. The van der Waals surface area contributed by atoms with Crippen molar-refractivity contribution in [2.75, 3.05) is 65.7 Å². The first-order valence-corrected chi connectivity index (χ1v) is 16.7. The Labute approximate surface area is 284 Å². The predicted octanol–water partition coefficient (Wildman–Crippen LogP) is 1.16. The van der Waals surface area contributed by atoms with Crippen LogP contribution in [0.4, 0.5) is 4.79 Å². The molecule has 2 aromatic rings. The zero-order valence-corrected chi connectivity index (χ0v) is 29.2. The Kier molecular flexibility index (Phi) is 15.3. The van der Waals surface area contributed by atoms with Crippen LogP contribution in [0.5, 0.6) is 11.5 Å². The molecule has 3 rings (SSSR count). The van der Waals surface area contributed by atoms with E-state index in [4.69, 9.17) is 4.74 Å². The van der Waals surface area contributed by atoms with Gasteiger partial charge in [-0.25, -0.2) is 4.79 Å². The topological polar surface area (TPSA) is 181 Å². The molecule has 0 aromatic heterocycles. The van der Waals surface area contributed by atoms with Gasteiger partial charge >= 0.3 is 6.09 Å². The summed E-state index contributed by atoms with van der Waals surface area (Å²) in [5.74, 6) is 0.304. The Bertz CT molecular complexity index is 1230. The highest BCUT2D eigenvalue weighted by Gasteiger charge is 2.26. The van der Waals surface area contributed by atoms with E-state index in [1.54, 1.807) is 4.90 Å². The number of carbonyl (C=O) groups excluding carboxylic acids is 1. The normalized spacial score (nSPS) is 15.5. The van der Waals surface area contributed by atoms with Crippen LogP contribution in [0, 0.1) is 13.8 Å². The number of phenolic OH excluding ortho intramolecular Hbond substituents is 2. The average Bonchev–Trinajstić information content (AvgIpc) is 3.12. The number of hydrogen-bond donors (Lipinski definition) is 8. The molecule has 0 saturated carbocycles. The van der Waals surface area contributed by atoms with Crippen LogP contribution < -0.4 is 10.6 Å². The van der Waals surface area contributed by atoms with E-state index >= 15 is 0 Å². The number of aromatic hydroxyl groups is 2. The van der Waals surface area contributed by atoms with Crippen LogP contribution in [-0.2, 0) is 30.9 Å². The van der Waals surface area contributed by atoms with Gasteiger partial charge in [0.15, 0.2) is 0 Å². The summed E-state index contributed by atoms with van der Waals surface area (Å²) in [6, 6.07) is 6.68. The minimum Gasteiger partial charge on any atom is -0.507 e. The number of hydrogen-bond acceptors (Lipinski definition) is 12. The van der Waals surface area contributed by atoms with Gasteiger partial charge < -0.3 is 50.9 Å². The van der Waals surface area contributed by atoms with Gasteiger partial charge in [0.05, 0.1) is 38.5 Å². The van der Waals surface area contributed by atoms with Crippen LogP contribution in [-0.4, -0.2) is 135 Å². The lowest BCUT2D eigenvalue weighted by Gasteiger charge is -2.29. The number of nitrogens with zero attached hydrogens (tertiary/aromatic N) is 3. The maximum absolute atomic E-state index is 13.3. The minimum absolute atomic E-state index is 0.152. The second kappa shape index (κ2) is 18.7. The molecule has 48 heavy (non-hydrogen) atoms. The molecule has 13 heteroatoms. The molecular formula is C35H57N5O8. The van der Waals surface area contributed by atoms with Gasteiger partial charge in [-0.1, -0.05) is 35.4 Å². The van der Waals surface area contributed by atoms with Crippen LogP contribution in [0.1, 0.15) is 54.2 Å². The number of phenols is 2. The molecule has 13 nitrogen and oxygen atoms in total.